The van der Waals surface area contributed by atoms with Gasteiger partial charge in [0.1, 0.15) is 0 Å². The van der Waals surface area contributed by atoms with Gasteiger partial charge in [-0.05, 0) is 18.6 Å². The lowest BCUT2D eigenvalue weighted by Crippen LogP contribution is -1.99. The molecule has 0 aliphatic carbocycles. The van der Waals surface area contributed by atoms with Crippen LogP contribution in [0.4, 0.5) is 8.78 Å². The molecule has 0 unspecified atom stereocenters. The van der Waals surface area contributed by atoms with E-state index in [1.54, 1.807) is 0 Å². The Hall–Kier alpha value is -1.32. The van der Waals surface area contributed by atoms with Crippen molar-refractivity contribution in [2.24, 2.45) is 0 Å². The molecule has 0 heterocycles. The summed E-state index contributed by atoms with van der Waals surface area (Å²) in [5.41, 5.74) is 0. The van der Waals surface area contributed by atoms with Crippen molar-refractivity contribution in [2.75, 3.05) is 6.61 Å². The molecule has 0 bridgehead atoms. The monoisotopic (exact) mass is 188 g/mol. The highest BCUT2D eigenvalue weighted by atomic mass is 19.2. The fraction of sp³-hybridized carbons (Fsp3) is 0.333. The third-order valence-corrected chi connectivity index (χ3v) is 1.49. The molecule has 2 nitrogen and oxygen atoms in total. The highest BCUT2D eigenvalue weighted by molar-refractivity contribution is 5.33. The Kier molecular flexibility index (Phi) is 3.06. The largest absolute Gasteiger partial charge is 0.505 e. The fourth-order valence-electron chi connectivity index (χ4n) is 0.845. The van der Waals surface area contributed by atoms with Crippen LogP contribution in [0.25, 0.3) is 0 Å². The number of hydrogen-bond acceptors (Lipinski definition) is 2. The Labute approximate surface area is 74.8 Å². The summed E-state index contributed by atoms with van der Waals surface area (Å²) in [6, 6.07) is 2.26. The van der Waals surface area contributed by atoms with E-state index in [4.69, 9.17) is 9.84 Å². The first-order valence-electron chi connectivity index (χ1n) is 3.96. The van der Waals surface area contributed by atoms with Gasteiger partial charge in [-0.1, -0.05) is 6.92 Å². The summed E-state index contributed by atoms with van der Waals surface area (Å²) in [7, 11) is 0. The summed E-state index contributed by atoms with van der Waals surface area (Å²) >= 11 is 0. The maximum Gasteiger partial charge on any atom is 0.204 e. The number of hydrogen-bond donors (Lipinski definition) is 1. The van der Waals surface area contributed by atoms with Crippen LogP contribution in [-0.2, 0) is 0 Å². The normalized spacial score (nSPS) is 10.1. The number of phenols is 1. The van der Waals surface area contributed by atoms with E-state index in [9.17, 15) is 8.78 Å². The van der Waals surface area contributed by atoms with Gasteiger partial charge in [-0.2, -0.15) is 8.78 Å². The Morgan fingerprint density at radius 2 is 2.00 bits per heavy atom. The lowest BCUT2D eigenvalue weighted by molar-refractivity contribution is 0.291. The third kappa shape index (κ3) is 2.08. The van der Waals surface area contributed by atoms with Crippen LogP contribution in [0.1, 0.15) is 13.3 Å². The first-order chi connectivity index (χ1) is 6.16. The van der Waals surface area contributed by atoms with Crippen molar-refractivity contribution in [1.82, 2.24) is 0 Å². The summed E-state index contributed by atoms with van der Waals surface area (Å²) in [4.78, 5) is 0. The molecule has 1 aromatic carbocycles. The summed E-state index contributed by atoms with van der Waals surface area (Å²) in [5, 5.41) is 8.78. The summed E-state index contributed by atoms with van der Waals surface area (Å²) < 4.78 is 30.5. The smallest absolute Gasteiger partial charge is 0.204 e. The van der Waals surface area contributed by atoms with Gasteiger partial charge in [0.25, 0.3) is 0 Å². The molecule has 72 valence electrons. The van der Waals surface area contributed by atoms with Crippen molar-refractivity contribution < 1.29 is 18.6 Å². The molecule has 0 amide bonds. The van der Waals surface area contributed by atoms with Crippen LogP contribution in [0.15, 0.2) is 12.1 Å². The average molecular weight is 188 g/mol. The number of phenolic OH excluding ortho intramolecular Hbond substituents is 1. The van der Waals surface area contributed by atoms with E-state index in [0.717, 1.165) is 6.07 Å². The van der Waals surface area contributed by atoms with Crippen LogP contribution < -0.4 is 4.74 Å². The van der Waals surface area contributed by atoms with E-state index in [1.807, 2.05) is 6.92 Å². The molecule has 0 spiro atoms. The number of aromatic hydroxyl groups is 1. The molecule has 0 saturated heterocycles. The molecular weight excluding hydrogens is 178 g/mol. The van der Waals surface area contributed by atoms with Gasteiger partial charge < -0.3 is 9.84 Å². The zero-order valence-corrected chi connectivity index (χ0v) is 7.18. The first-order valence-corrected chi connectivity index (χ1v) is 3.96. The topological polar surface area (TPSA) is 29.5 Å². The third-order valence-electron chi connectivity index (χ3n) is 1.49. The van der Waals surface area contributed by atoms with E-state index in [-0.39, 0.29) is 5.75 Å². The van der Waals surface area contributed by atoms with Crippen LogP contribution in [0.3, 0.4) is 0 Å². The second-order valence-corrected chi connectivity index (χ2v) is 2.56. The van der Waals surface area contributed by atoms with Gasteiger partial charge in [0.05, 0.1) is 6.61 Å². The van der Waals surface area contributed by atoms with Crippen molar-refractivity contribution in [3.63, 3.8) is 0 Å². The minimum Gasteiger partial charge on any atom is -0.505 e. The zero-order valence-electron chi connectivity index (χ0n) is 7.18. The van der Waals surface area contributed by atoms with Gasteiger partial charge in [0, 0.05) is 0 Å². The van der Waals surface area contributed by atoms with Crippen LogP contribution >= 0.6 is 0 Å². The van der Waals surface area contributed by atoms with Crippen molar-refractivity contribution in [3.8, 4) is 11.5 Å². The van der Waals surface area contributed by atoms with E-state index in [0.29, 0.717) is 13.0 Å². The quantitative estimate of drug-likeness (QED) is 0.789. The first kappa shape index (κ1) is 9.77. The molecule has 0 atom stereocenters. The molecule has 0 fully saturated rings. The summed E-state index contributed by atoms with van der Waals surface area (Å²) in [6.45, 7) is 2.18. The molecule has 0 aliphatic rings. The highest BCUT2D eigenvalue weighted by Gasteiger charge is 2.13. The average Bonchev–Trinajstić information content (AvgIpc) is 2.13. The number of benzene rings is 1. The Morgan fingerprint density at radius 1 is 1.31 bits per heavy atom. The van der Waals surface area contributed by atoms with Crippen LogP contribution in [-0.4, -0.2) is 11.7 Å². The van der Waals surface area contributed by atoms with E-state index < -0.39 is 17.4 Å². The molecule has 1 N–H and O–H groups in total. The summed E-state index contributed by atoms with van der Waals surface area (Å²) in [6.07, 6.45) is 0.710. The Morgan fingerprint density at radius 3 is 2.62 bits per heavy atom. The van der Waals surface area contributed by atoms with Gasteiger partial charge in [-0.3, -0.25) is 0 Å². The van der Waals surface area contributed by atoms with Crippen molar-refractivity contribution in [2.45, 2.75) is 13.3 Å². The number of ether oxygens (including phenoxy) is 1. The SMILES string of the molecule is CCCOc1ccc(O)c(F)c1F. The zero-order chi connectivity index (χ0) is 9.84. The van der Waals surface area contributed by atoms with Crippen LogP contribution in [0.2, 0.25) is 0 Å². The standard InChI is InChI=1S/C9H10F2O2/c1-2-5-13-7-4-3-6(12)8(10)9(7)11/h3-4,12H,2,5H2,1H3. The van der Waals surface area contributed by atoms with Gasteiger partial charge in [0.2, 0.25) is 11.6 Å². The second-order valence-electron chi connectivity index (χ2n) is 2.56. The molecular formula is C9H10F2O2. The van der Waals surface area contributed by atoms with Crippen molar-refractivity contribution in [3.05, 3.63) is 23.8 Å². The van der Waals surface area contributed by atoms with Crippen LogP contribution in [0.5, 0.6) is 11.5 Å². The molecule has 0 saturated carbocycles. The van der Waals surface area contributed by atoms with Gasteiger partial charge >= 0.3 is 0 Å². The van der Waals surface area contributed by atoms with E-state index >= 15 is 0 Å². The van der Waals surface area contributed by atoms with E-state index in [1.165, 1.54) is 6.07 Å². The number of halogens is 2. The molecule has 1 aromatic rings. The van der Waals surface area contributed by atoms with Gasteiger partial charge in [-0.25, -0.2) is 0 Å². The lowest BCUT2D eigenvalue weighted by atomic mass is 10.3. The molecule has 13 heavy (non-hydrogen) atoms. The van der Waals surface area contributed by atoms with Gasteiger partial charge in [0.15, 0.2) is 11.5 Å². The van der Waals surface area contributed by atoms with Crippen molar-refractivity contribution >= 4 is 0 Å². The minimum absolute atomic E-state index is 0.169. The maximum absolute atomic E-state index is 12.9. The molecule has 0 aliphatic heterocycles. The summed E-state index contributed by atoms with van der Waals surface area (Å²) in [5.74, 6) is -3.29. The molecule has 1 rings (SSSR count). The van der Waals surface area contributed by atoms with E-state index in [2.05, 4.69) is 0 Å². The molecule has 0 aromatic heterocycles. The highest BCUT2D eigenvalue weighted by Crippen LogP contribution is 2.26. The Bertz CT molecular complexity index is 300. The fourth-order valence-corrected chi connectivity index (χ4v) is 0.845. The molecule has 0 radical (unpaired) electrons. The van der Waals surface area contributed by atoms with Crippen molar-refractivity contribution in [1.29, 1.82) is 0 Å². The maximum atomic E-state index is 12.9. The van der Waals surface area contributed by atoms with Gasteiger partial charge in [-0.15, -0.1) is 0 Å². The second kappa shape index (κ2) is 4.07. The number of rotatable bonds is 3. The predicted octanol–water partition coefficient (Wildman–Crippen LogP) is 2.46. The molecule has 4 heteroatoms. The Balaban J connectivity index is 2.90. The van der Waals surface area contributed by atoms with Crippen LogP contribution in [0, 0.1) is 11.6 Å². The minimum atomic E-state index is -1.27. The predicted molar refractivity (Wildman–Crippen MR) is 43.8 cm³/mol. The lowest BCUT2D eigenvalue weighted by Gasteiger charge is -2.06.